The van der Waals surface area contributed by atoms with Crippen molar-refractivity contribution in [3.63, 3.8) is 0 Å². The number of aliphatic carboxylic acids is 2. The van der Waals surface area contributed by atoms with Crippen molar-refractivity contribution in [3.05, 3.63) is 46.7 Å². The van der Waals surface area contributed by atoms with Gasteiger partial charge >= 0.3 is 11.9 Å². The van der Waals surface area contributed by atoms with Crippen molar-refractivity contribution in [1.82, 2.24) is 30.4 Å². The zero-order valence-electron chi connectivity index (χ0n) is 18.2. The Kier molecular flexibility index (Phi) is 7.37. The van der Waals surface area contributed by atoms with E-state index >= 15 is 0 Å². The summed E-state index contributed by atoms with van der Waals surface area (Å²) in [5.41, 5.74) is 7.66. The van der Waals surface area contributed by atoms with Gasteiger partial charge in [0, 0.05) is 18.1 Å². The number of carbonyl (C=O) groups excluding carboxylic acids is 2. The number of hydrogen-bond donors (Lipinski definition) is 4. The molecule has 2 aromatic rings. The van der Waals surface area contributed by atoms with Gasteiger partial charge in [0.25, 0.3) is 5.91 Å². The highest BCUT2D eigenvalue weighted by Crippen LogP contribution is 2.41. The highest BCUT2D eigenvalue weighted by Gasteiger charge is 2.54. The fourth-order valence-corrected chi connectivity index (χ4v) is 6.16. The molecular formula is C20H21N7O6S2. The fraction of sp³-hybridized carbons (Fsp3) is 0.350. The Bertz CT molecular complexity index is 1220. The van der Waals surface area contributed by atoms with Crippen LogP contribution in [0, 0.1) is 0 Å². The molecule has 13 nitrogen and oxygen atoms in total. The molecule has 1 unspecified atom stereocenters. The summed E-state index contributed by atoms with van der Waals surface area (Å²) in [5, 5.41) is 32.0. The van der Waals surface area contributed by atoms with Crippen molar-refractivity contribution in [2.75, 3.05) is 11.5 Å². The van der Waals surface area contributed by atoms with Gasteiger partial charge in [0.05, 0.1) is 6.42 Å². The number of nitrogens with one attached hydrogen (secondary N) is 1. The summed E-state index contributed by atoms with van der Waals surface area (Å²) in [5.74, 6) is -2.77. The molecule has 184 valence electrons. The molecule has 1 aromatic carbocycles. The van der Waals surface area contributed by atoms with E-state index in [2.05, 4.69) is 20.8 Å². The average Bonchev–Trinajstić information content (AvgIpc) is 3.26. The van der Waals surface area contributed by atoms with Gasteiger partial charge in [0.1, 0.15) is 23.7 Å². The van der Waals surface area contributed by atoms with Crippen LogP contribution in [-0.2, 0) is 38.7 Å². The Morgan fingerprint density at radius 1 is 1.23 bits per heavy atom. The first-order valence-corrected chi connectivity index (χ1v) is 12.4. The van der Waals surface area contributed by atoms with Crippen LogP contribution in [0.5, 0.6) is 0 Å². The Hall–Kier alpha value is -3.43. The molecule has 0 aliphatic carbocycles. The van der Waals surface area contributed by atoms with Crippen molar-refractivity contribution in [2.24, 2.45) is 5.73 Å². The number of thioether (sulfide) groups is 2. The summed E-state index contributed by atoms with van der Waals surface area (Å²) in [6.45, 7) is -0.146. The number of amides is 2. The maximum Gasteiger partial charge on any atom is 0.352 e. The van der Waals surface area contributed by atoms with Crippen LogP contribution in [0.4, 0.5) is 0 Å². The molecule has 2 amide bonds. The summed E-state index contributed by atoms with van der Waals surface area (Å²) in [7, 11) is 0. The van der Waals surface area contributed by atoms with Crippen LogP contribution >= 0.6 is 23.5 Å². The SMILES string of the molecule is NCc1ccccc1CC(=O)N[C@@H]1C(=O)N2C(C(=O)O)=C(CSc3nnnn3CC(=O)O)CSC12. The van der Waals surface area contributed by atoms with E-state index in [0.29, 0.717) is 11.3 Å². The van der Waals surface area contributed by atoms with Gasteiger partial charge in [-0.3, -0.25) is 19.3 Å². The van der Waals surface area contributed by atoms with Crippen LogP contribution in [0.1, 0.15) is 11.1 Å². The third kappa shape index (κ3) is 5.16. The molecule has 2 aliphatic rings. The number of nitrogens with zero attached hydrogens (tertiary/aromatic N) is 5. The Balaban J connectivity index is 1.43. The Labute approximate surface area is 207 Å². The second-order valence-electron chi connectivity index (χ2n) is 7.66. The molecular weight excluding hydrogens is 498 g/mol. The lowest BCUT2D eigenvalue weighted by Gasteiger charge is -2.49. The van der Waals surface area contributed by atoms with Crippen LogP contribution in [0.25, 0.3) is 0 Å². The zero-order valence-corrected chi connectivity index (χ0v) is 19.8. The first-order valence-electron chi connectivity index (χ1n) is 10.4. The molecule has 1 saturated heterocycles. The molecule has 35 heavy (non-hydrogen) atoms. The molecule has 0 saturated carbocycles. The van der Waals surface area contributed by atoms with Crippen molar-refractivity contribution >= 4 is 47.3 Å². The normalized spacial score (nSPS) is 19.2. The van der Waals surface area contributed by atoms with Crippen LogP contribution in [0.3, 0.4) is 0 Å². The molecule has 15 heteroatoms. The quantitative estimate of drug-likeness (QED) is 0.228. The number of β-lactam (4-membered cyclic amide) rings is 1. The van der Waals surface area contributed by atoms with Crippen molar-refractivity contribution in [2.45, 2.75) is 36.1 Å². The van der Waals surface area contributed by atoms with E-state index in [9.17, 15) is 24.3 Å². The minimum atomic E-state index is -1.26. The predicted molar refractivity (Wildman–Crippen MR) is 124 cm³/mol. The van der Waals surface area contributed by atoms with Gasteiger partial charge in [-0.15, -0.1) is 16.9 Å². The molecule has 4 rings (SSSR count). The van der Waals surface area contributed by atoms with Crippen LogP contribution in [0.2, 0.25) is 0 Å². The second kappa shape index (κ2) is 10.5. The van der Waals surface area contributed by atoms with E-state index in [-0.39, 0.29) is 35.5 Å². The van der Waals surface area contributed by atoms with Crippen molar-refractivity contribution < 1.29 is 29.4 Å². The first-order chi connectivity index (χ1) is 16.8. The third-order valence-corrected chi connectivity index (χ3v) is 7.80. The van der Waals surface area contributed by atoms with E-state index in [4.69, 9.17) is 10.8 Å². The molecule has 5 N–H and O–H groups in total. The number of fused-ring (bicyclic) bond motifs is 1. The number of nitrogens with two attached hydrogens (primary N) is 1. The van der Waals surface area contributed by atoms with Gasteiger partial charge in [-0.05, 0) is 27.1 Å². The lowest BCUT2D eigenvalue weighted by atomic mass is 10.0. The number of rotatable bonds is 10. The number of carboxylic acid groups (broad SMARTS) is 2. The van der Waals surface area contributed by atoms with Gasteiger partial charge in [-0.2, -0.15) is 0 Å². The number of hydrogen-bond acceptors (Lipinski definition) is 10. The number of aromatic nitrogens is 4. The average molecular weight is 520 g/mol. The Morgan fingerprint density at radius 2 is 1.97 bits per heavy atom. The van der Waals surface area contributed by atoms with E-state index in [0.717, 1.165) is 27.6 Å². The third-order valence-electron chi connectivity index (χ3n) is 5.42. The van der Waals surface area contributed by atoms with Crippen LogP contribution in [-0.4, -0.2) is 82.0 Å². The predicted octanol–water partition coefficient (Wildman–Crippen LogP) is -0.710. The van der Waals surface area contributed by atoms with Crippen molar-refractivity contribution in [3.8, 4) is 0 Å². The number of carbonyl (C=O) groups is 4. The van der Waals surface area contributed by atoms with Crippen LogP contribution < -0.4 is 11.1 Å². The highest BCUT2D eigenvalue weighted by molar-refractivity contribution is 8.01. The fourth-order valence-electron chi connectivity index (χ4n) is 3.80. The first kappa shape index (κ1) is 24.7. The van der Waals surface area contributed by atoms with E-state index in [1.807, 2.05) is 12.1 Å². The van der Waals surface area contributed by atoms with Gasteiger partial charge in [-0.25, -0.2) is 9.48 Å². The zero-order chi connectivity index (χ0) is 25.1. The maximum atomic E-state index is 12.8. The maximum absolute atomic E-state index is 12.8. The largest absolute Gasteiger partial charge is 0.480 e. The number of benzene rings is 1. The van der Waals surface area contributed by atoms with E-state index in [1.54, 1.807) is 12.1 Å². The molecule has 1 fully saturated rings. The number of tetrazole rings is 1. The van der Waals surface area contributed by atoms with Crippen LogP contribution in [0.15, 0.2) is 40.7 Å². The standard InChI is InChI=1S/C20H21N7O6S2/c21-6-11-4-2-1-3-10(11)5-13(28)22-15-17(31)27-16(19(32)33)12(8-34-18(15)27)9-35-20-23-24-25-26(20)7-14(29)30/h1-4,15,18H,5-9,21H2,(H,22,28)(H,29,30)(H,32,33)/t15-,18?/m1/s1. The van der Waals surface area contributed by atoms with Gasteiger partial charge < -0.3 is 21.3 Å². The molecule has 1 aromatic heterocycles. The number of carboxylic acids is 2. The summed E-state index contributed by atoms with van der Waals surface area (Å²) in [6.07, 6.45) is 0.0586. The summed E-state index contributed by atoms with van der Waals surface area (Å²) in [4.78, 5) is 49.6. The minimum Gasteiger partial charge on any atom is -0.480 e. The molecule has 2 aliphatic heterocycles. The highest BCUT2D eigenvalue weighted by atomic mass is 32.2. The lowest BCUT2D eigenvalue weighted by Crippen LogP contribution is -2.70. The molecule has 0 spiro atoms. The van der Waals surface area contributed by atoms with Crippen molar-refractivity contribution in [1.29, 1.82) is 0 Å². The molecule has 3 heterocycles. The lowest BCUT2D eigenvalue weighted by molar-refractivity contribution is -0.150. The monoisotopic (exact) mass is 519 g/mol. The molecule has 2 atom stereocenters. The van der Waals surface area contributed by atoms with Gasteiger partial charge in [0.15, 0.2) is 0 Å². The summed E-state index contributed by atoms with van der Waals surface area (Å²) < 4.78 is 1.09. The summed E-state index contributed by atoms with van der Waals surface area (Å²) in [6, 6.07) is 6.44. The topological polar surface area (TPSA) is 194 Å². The second-order valence-corrected chi connectivity index (χ2v) is 9.71. The Morgan fingerprint density at radius 3 is 2.66 bits per heavy atom. The van der Waals surface area contributed by atoms with E-state index < -0.39 is 35.8 Å². The molecule has 0 bridgehead atoms. The minimum absolute atomic E-state index is 0.0586. The van der Waals surface area contributed by atoms with E-state index in [1.165, 1.54) is 16.7 Å². The smallest absolute Gasteiger partial charge is 0.352 e. The summed E-state index contributed by atoms with van der Waals surface area (Å²) >= 11 is 2.42. The van der Waals surface area contributed by atoms with Gasteiger partial charge in [-0.1, -0.05) is 36.0 Å². The molecule has 0 radical (unpaired) electrons. The van der Waals surface area contributed by atoms with Gasteiger partial charge in [0.2, 0.25) is 11.1 Å².